The first kappa shape index (κ1) is 19.9. The van der Waals surface area contributed by atoms with Gasteiger partial charge in [-0.3, -0.25) is 0 Å². The molecule has 0 aliphatic rings. The molecule has 0 radical (unpaired) electrons. The Morgan fingerprint density at radius 3 is 2.35 bits per heavy atom. The SMILES string of the molecule is CCCS(=O)(=O)NCCOc1ccc(S(=O)(=O)NCC)cc1C. The fourth-order valence-electron chi connectivity index (χ4n) is 1.92. The minimum absolute atomic E-state index is 0.0863. The van der Waals surface area contributed by atoms with Crippen LogP contribution in [0.15, 0.2) is 23.1 Å². The van der Waals surface area contributed by atoms with Crippen molar-refractivity contribution in [3.63, 3.8) is 0 Å². The summed E-state index contributed by atoms with van der Waals surface area (Å²) in [5, 5.41) is 0. The zero-order valence-corrected chi connectivity index (χ0v) is 15.3. The summed E-state index contributed by atoms with van der Waals surface area (Å²) < 4.78 is 57.1. The fraction of sp³-hybridized carbons (Fsp3) is 0.571. The first-order valence-electron chi connectivity index (χ1n) is 7.42. The second kappa shape index (κ2) is 8.62. The van der Waals surface area contributed by atoms with Crippen molar-refractivity contribution >= 4 is 20.0 Å². The predicted octanol–water partition coefficient (Wildman–Crippen LogP) is 1.00. The van der Waals surface area contributed by atoms with Crippen molar-refractivity contribution in [2.75, 3.05) is 25.4 Å². The van der Waals surface area contributed by atoms with E-state index in [1.54, 1.807) is 26.8 Å². The van der Waals surface area contributed by atoms with Crippen LogP contribution in [0, 0.1) is 6.92 Å². The molecule has 0 bridgehead atoms. The van der Waals surface area contributed by atoms with Crippen LogP contribution in [0.2, 0.25) is 0 Å². The van der Waals surface area contributed by atoms with Gasteiger partial charge >= 0.3 is 0 Å². The van der Waals surface area contributed by atoms with Crippen LogP contribution in [-0.4, -0.2) is 42.3 Å². The van der Waals surface area contributed by atoms with E-state index in [4.69, 9.17) is 4.74 Å². The zero-order valence-electron chi connectivity index (χ0n) is 13.6. The summed E-state index contributed by atoms with van der Waals surface area (Å²) in [6.45, 7) is 5.89. The van der Waals surface area contributed by atoms with Gasteiger partial charge in [-0.25, -0.2) is 26.3 Å². The quantitative estimate of drug-likeness (QED) is 0.603. The number of nitrogens with one attached hydrogen (secondary N) is 2. The van der Waals surface area contributed by atoms with E-state index in [0.717, 1.165) is 0 Å². The third-order valence-corrected chi connectivity index (χ3v) is 6.08. The topological polar surface area (TPSA) is 102 Å². The molecule has 0 spiro atoms. The largest absolute Gasteiger partial charge is 0.492 e. The average molecular weight is 364 g/mol. The van der Waals surface area contributed by atoms with Gasteiger partial charge < -0.3 is 4.74 Å². The van der Waals surface area contributed by atoms with Crippen molar-refractivity contribution in [2.45, 2.75) is 32.1 Å². The summed E-state index contributed by atoms with van der Waals surface area (Å²) in [4.78, 5) is 0.174. The lowest BCUT2D eigenvalue weighted by molar-refractivity contribution is 0.320. The Bertz CT molecular complexity index is 715. The van der Waals surface area contributed by atoms with Crippen molar-refractivity contribution in [2.24, 2.45) is 0 Å². The zero-order chi connectivity index (χ0) is 17.5. The lowest BCUT2D eigenvalue weighted by Crippen LogP contribution is -2.30. The maximum atomic E-state index is 11.9. The molecule has 0 amide bonds. The van der Waals surface area contributed by atoms with Crippen molar-refractivity contribution in [1.29, 1.82) is 0 Å². The summed E-state index contributed by atoms with van der Waals surface area (Å²) in [6.07, 6.45) is 0.553. The Morgan fingerprint density at radius 1 is 1.09 bits per heavy atom. The van der Waals surface area contributed by atoms with Gasteiger partial charge in [-0.1, -0.05) is 13.8 Å². The third kappa shape index (κ3) is 6.46. The van der Waals surface area contributed by atoms with E-state index < -0.39 is 20.0 Å². The van der Waals surface area contributed by atoms with Crippen molar-refractivity contribution in [3.05, 3.63) is 23.8 Å². The van der Waals surface area contributed by atoms with Gasteiger partial charge in [0.1, 0.15) is 12.4 Å². The molecule has 0 aliphatic heterocycles. The second-order valence-electron chi connectivity index (χ2n) is 4.99. The predicted molar refractivity (Wildman–Crippen MR) is 89.6 cm³/mol. The Kier molecular flexibility index (Phi) is 7.46. The number of rotatable bonds is 10. The summed E-state index contributed by atoms with van der Waals surface area (Å²) in [5.41, 5.74) is 0.667. The highest BCUT2D eigenvalue weighted by atomic mass is 32.2. The third-order valence-electron chi connectivity index (χ3n) is 2.95. The van der Waals surface area contributed by atoms with Crippen LogP contribution >= 0.6 is 0 Å². The van der Waals surface area contributed by atoms with E-state index in [1.807, 2.05) is 0 Å². The molecule has 1 aromatic rings. The average Bonchev–Trinajstić information content (AvgIpc) is 2.44. The molecule has 2 N–H and O–H groups in total. The molecule has 0 heterocycles. The normalized spacial score (nSPS) is 12.3. The van der Waals surface area contributed by atoms with Gasteiger partial charge in [0.05, 0.1) is 10.6 Å². The first-order chi connectivity index (χ1) is 10.7. The standard InChI is InChI=1S/C14H24N2O5S2/c1-4-10-22(17,18)16-8-9-21-14-7-6-13(11-12(14)3)23(19,20)15-5-2/h6-7,11,15-16H,4-5,8-10H2,1-3H3. The van der Waals surface area contributed by atoms with E-state index >= 15 is 0 Å². The van der Waals surface area contributed by atoms with Crippen LogP contribution in [0.25, 0.3) is 0 Å². The highest BCUT2D eigenvalue weighted by Crippen LogP contribution is 2.21. The van der Waals surface area contributed by atoms with E-state index in [-0.39, 0.29) is 23.8 Å². The summed E-state index contributed by atoms with van der Waals surface area (Å²) in [5.74, 6) is 0.610. The molecule has 0 atom stereocenters. The molecular formula is C14H24N2O5S2. The molecule has 0 unspecified atom stereocenters. The molecule has 1 rings (SSSR count). The first-order valence-corrected chi connectivity index (χ1v) is 10.6. The molecule has 132 valence electrons. The van der Waals surface area contributed by atoms with Crippen LogP contribution in [0.3, 0.4) is 0 Å². The lowest BCUT2D eigenvalue weighted by atomic mass is 10.2. The van der Waals surface area contributed by atoms with E-state index in [2.05, 4.69) is 9.44 Å². The number of hydrogen-bond donors (Lipinski definition) is 2. The Morgan fingerprint density at radius 2 is 1.78 bits per heavy atom. The maximum absolute atomic E-state index is 11.9. The maximum Gasteiger partial charge on any atom is 0.240 e. The molecular weight excluding hydrogens is 340 g/mol. The fourth-order valence-corrected chi connectivity index (χ4v) is 4.13. The number of aryl methyl sites for hydroxylation is 1. The van der Waals surface area contributed by atoms with Gasteiger partial charge in [0.25, 0.3) is 0 Å². The lowest BCUT2D eigenvalue weighted by Gasteiger charge is -2.12. The summed E-state index contributed by atoms with van der Waals surface area (Å²) in [6, 6.07) is 4.55. The second-order valence-corrected chi connectivity index (χ2v) is 8.68. The molecule has 23 heavy (non-hydrogen) atoms. The van der Waals surface area contributed by atoms with Crippen LogP contribution in [0.4, 0.5) is 0 Å². The van der Waals surface area contributed by atoms with Crippen molar-refractivity contribution < 1.29 is 21.6 Å². The van der Waals surface area contributed by atoms with Crippen LogP contribution in [-0.2, 0) is 20.0 Å². The molecule has 7 nitrogen and oxygen atoms in total. The van der Waals surface area contributed by atoms with Crippen molar-refractivity contribution in [1.82, 2.24) is 9.44 Å². The van der Waals surface area contributed by atoms with Crippen molar-refractivity contribution in [3.8, 4) is 5.75 Å². The van der Waals surface area contributed by atoms with Gasteiger partial charge in [0, 0.05) is 13.1 Å². The summed E-state index contributed by atoms with van der Waals surface area (Å²) in [7, 11) is -6.74. The molecule has 9 heteroatoms. The highest BCUT2D eigenvalue weighted by molar-refractivity contribution is 7.89. The van der Waals surface area contributed by atoms with E-state index in [0.29, 0.717) is 24.3 Å². The molecule has 1 aromatic carbocycles. The van der Waals surface area contributed by atoms with Gasteiger partial charge in [-0.2, -0.15) is 0 Å². The molecule has 0 aromatic heterocycles. The van der Waals surface area contributed by atoms with E-state index in [9.17, 15) is 16.8 Å². The highest BCUT2D eigenvalue weighted by Gasteiger charge is 2.14. The minimum Gasteiger partial charge on any atom is -0.492 e. The van der Waals surface area contributed by atoms with Crippen LogP contribution < -0.4 is 14.2 Å². The Balaban J connectivity index is 2.63. The number of benzene rings is 1. The van der Waals surface area contributed by atoms with Crippen LogP contribution in [0.5, 0.6) is 5.75 Å². The number of sulfonamides is 2. The van der Waals surface area contributed by atoms with Gasteiger partial charge in [0.15, 0.2) is 0 Å². The Hall–Kier alpha value is -1.16. The number of hydrogen-bond acceptors (Lipinski definition) is 5. The monoisotopic (exact) mass is 364 g/mol. The number of ether oxygens (including phenoxy) is 1. The molecule has 0 saturated heterocycles. The summed E-state index contributed by atoms with van der Waals surface area (Å²) >= 11 is 0. The molecule has 0 aliphatic carbocycles. The van der Waals surface area contributed by atoms with Gasteiger partial charge in [-0.05, 0) is 37.1 Å². The van der Waals surface area contributed by atoms with Gasteiger partial charge in [0.2, 0.25) is 20.0 Å². The van der Waals surface area contributed by atoms with Gasteiger partial charge in [-0.15, -0.1) is 0 Å². The molecule has 0 fully saturated rings. The van der Waals surface area contributed by atoms with Crippen LogP contribution in [0.1, 0.15) is 25.8 Å². The Labute approximate surface area is 138 Å². The molecule has 0 saturated carbocycles. The van der Waals surface area contributed by atoms with E-state index in [1.165, 1.54) is 12.1 Å². The smallest absolute Gasteiger partial charge is 0.240 e. The minimum atomic E-state index is -3.50.